The number of H-pyrrole nitrogens is 1. The Morgan fingerprint density at radius 3 is 2.48 bits per heavy atom. The summed E-state index contributed by atoms with van der Waals surface area (Å²) in [4.78, 5) is 5.42. The van der Waals surface area contributed by atoms with Crippen LogP contribution in [-0.2, 0) is 6.54 Å². The van der Waals surface area contributed by atoms with Gasteiger partial charge in [-0.2, -0.15) is 4.40 Å². The molecular weight excluding hydrogens is 431 g/mol. The number of hydrogen-bond donors (Lipinski definition) is 2. The second-order valence-electron chi connectivity index (χ2n) is 8.14. The fraction of sp³-hybridized carbons (Fsp3) is 0.375. The van der Waals surface area contributed by atoms with Crippen LogP contribution in [0.3, 0.4) is 0 Å². The van der Waals surface area contributed by atoms with Crippen molar-refractivity contribution in [1.29, 1.82) is 0 Å². The van der Waals surface area contributed by atoms with Crippen molar-refractivity contribution in [2.75, 3.05) is 26.7 Å². The van der Waals surface area contributed by atoms with E-state index in [0.717, 1.165) is 18.1 Å². The Labute approximate surface area is 195 Å². The number of nitrogens with zero attached hydrogens (tertiary/aromatic N) is 2. The molecule has 0 radical (unpaired) electrons. The monoisotopic (exact) mass is 460 g/mol. The lowest BCUT2D eigenvalue weighted by Gasteiger charge is -2.23. The third-order valence-corrected chi connectivity index (χ3v) is 6.29. The van der Waals surface area contributed by atoms with Gasteiger partial charge in [-0.25, -0.2) is 9.55 Å². The maximum absolute atomic E-state index is 5.35. The number of piperidine rings is 1. The molecule has 0 unspecified atom stereocenters. The van der Waals surface area contributed by atoms with Crippen LogP contribution < -0.4 is 38.9 Å². The molecule has 1 saturated heterocycles. The Bertz CT molecular complexity index is 1110. The Kier molecular flexibility index (Phi) is 7.87. The number of imidazole rings is 2. The van der Waals surface area contributed by atoms with Gasteiger partial charge in [0.25, 0.3) is 0 Å². The van der Waals surface area contributed by atoms with E-state index in [2.05, 4.69) is 56.5 Å². The van der Waals surface area contributed by atoms with Crippen molar-refractivity contribution in [3.63, 3.8) is 0 Å². The van der Waals surface area contributed by atoms with Gasteiger partial charge in [-0.1, -0.05) is 12.1 Å². The molecule has 4 aromatic rings. The van der Waals surface area contributed by atoms with E-state index in [1.807, 2.05) is 12.1 Å². The van der Waals surface area contributed by atoms with Crippen molar-refractivity contribution in [2.45, 2.75) is 32.2 Å². The number of halogens is 2. The van der Waals surface area contributed by atoms with E-state index < -0.39 is 0 Å². The molecular formula is C24H30Cl2N4O. The van der Waals surface area contributed by atoms with Crippen LogP contribution in [0.4, 0.5) is 0 Å². The number of aryl methyl sites for hydroxylation is 1. The summed E-state index contributed by atoms with van der Waals surface area (Å²) in [6.07, 6.45) is 7.65. The van der Waals surface area contributed by atoms with E-state index in [9.17, 15) is 0 Å². The number of nitrogens with one attached hydrogen (secondary N) is 2. The molecule has 0 atom stereocenters. The zero-order valence-electron chi connectivity index (χ0n) is 17.9. The standard InChI is InChI=1S/C24H28N4O.2ClH/c1-29-20-12-10-19(11-13-20)23-18-28-22-9-4-3-8-21(22)25-24(28)27(23)17-7-16-26-14-5-2-6-15-26;;/h3-4,8-13,18H,2,5-7,14-17H2,1H3;2*1H. The molecule has 2 aromatic heterocycles. The number of methoxy groups -OCH3 is 1. The molecule has 1 aliphatic heterocycles. The molecule has 7 heteroatoms. The number of ether oxygens (including phenoxy) is 1. The molecule has 3 heterocycles. The normalized spacial score (nSPS) is 14.4. The van der Waals surface area contributed by atoms with E-state index in [4.69, 9.17) is 4.74 Å². The highest BCUT2D eigenvalue weighted by Crippen LogP contribution is 2.25. The lowest BCUT2D eigenvalue weighted by atomic mass is 10.1. The second-order valence-corrected chi connectivity index (χ2v) is 8.14. The summed E-state index contributed by atoms with van der Waals surface area (Å²) in [5.74, 6) is 2.05. The molecule has 2 aromatic carbocycles. The summed E-state index contributed by atoms with van der Waals surface area (Å²) in [6.45, 7) is 4.96. The van der Waals surface area contributed by atoms with Gasteiger partial charge in [-0.3, -0.25) is 0 Å². The minimum absolute atomic E-state index is 0. The smallest absolute Gasteiger partial charge is 0.368 e. The molecule has 1 fully saturated rings. The number of benzene rings is 2. The Morgan fingerprint density at radius 2 is 1.74 bits per heavy atom. The summed E-state index contributed by atoms with van der Waals surface area (Å²) < 4.78 is 10.1. The predicted octanol–water partition coefficient (Wildman–Crippen LogP) is -3.15. The van der Waals surface area contributed by atoms with Crippen LogP contribution >= 0.6 is 0 Å². The first-order valence-electron chi connectivity index (χ1n) is 10.8. The number of likely N-dealkylation sites (tertiary alicyclic amines) is 1. The first-order valence-corrected chi connectivity index (χ1v) is 10.8. The Balaban J connectivity index is 0.00000136. The average molecular weight is 461 g/mol. The first-order chi connectivity index (χ1) is 14.3. The SMILES string of the molecule is COc1ccc(-c2c[n+]3c4ccccc4[nH]c3n2CCC[NH+]2CCCCC2)cc1.[Cl-].[Cl-]. The second kappa shape index (κ2) is 10.4. The highest BCUT2D eigenvalue weighted by atomic mass is 35.5. The van der Waals surface area contributed by atoms with Gasteiger partial charge in [0.2, 0.25) is 0 Å². The van der Waals surface area contributed by atoms with Crippen molar-refractivity contribution < 1.29 is 38.9 Å². The molecule has 166 valence electrons. The fourth-order valence-corrected chi connectivity index (χ4v) is 4.73. The third kappa shape index (κ3) is 4.69. The highest BCUT2D eigenvalue weighted by Gasteiger charge is 2.23. The molecule has 0 spiro atoms. The van der Waals surface area contributed by atoms with Gasteiger partial charge in [-0.05, 0) is 55.7 Å². The highest BCUT2D eigenvalue weighted by molar-refractivity contribution is 5.74. The maximum Gasteiger partial charge on any atom is 0.368 e. The van der Waals surface area contributed by atoms with Crippen molar-refractivity contribution in [3.05, 3.63) is 54.7 Å². The molecule has 2 N–H and O–H groups in total. The topological polar surface area (TPSA) is 38.5 Å². The fourth-order valence-electron chi connectivity index (χ4n) is 4.73. The van der Waals surface area contributed by atoms with Crippen LogP contribution in [0.1, 0.15) is 25.7 Å². The summed E-state index contributed by atoms with van der Waals surface area (Å²) in [7, 11) is 1.71. The number of aromatic amines is 1. The average Bonchev–Trinajstić information content (AvgIpc) is 3.31. The maximum atomic E-state index is 5.35. The van der Waals surface area contributed by atoms with Gasteiger partial charge >= 0.3 is 5.78 Å². The number of para-hydroxylation sites is 2. The number of rotatable bonds is 6. The van der Waals surface area contributed by atoms with E-state index >= 15 is 0 Å². The van der Waals surface area contributed by atoms with E-state index in [0.29, 0.717) is 0 Å². The van der Waals surface area contributed by atoms with Crippen LogP contribution in [0.25, 0.3) is 28.1 Å². The first kappa shape index (κ1) is 23.5. The molecule has 0 amide bonds. The zero-order chi connectivity index (χ0) is 19.6. The van der Waals surface area contributed by atoms with Crippen LogP contribution in [0, 0.1) is 0 Å². The van der Waals surface area contributed by atoms with E-state index in [-0.39, 0.29) is 24.8 Å². The molecule has 0 saturated carbocycles. The molecule has 5 nitrogen and oxygen atoms in total. The van der Waals surface area contributed by atoms with E-state index in [1.54, 1.807) is 12.0 Å². The van der Waals surface area contributed by atoms with Crippen LogP contribution in [-0.4, -0.2) is 36.3 Å². The minimum Gasteiger partial charge on any atom is -1.00 e. The van der Waals surface area contributed by atoms with Crippen molar-refractivity contribution in [2.24, 2.45) is 0 Å². The van der Waals surface area contributed by atoms with Gasteiger partial charge in [0, 0.05) is 12.0 Å². The van der Waals surface area contributed by atoms with Crippen LogP contribution in [0.5, 0.6) is 5.75 Å². The zero-order valence-corrected chi connectivity index (χ0v) is 19.4. The number of fused-ring (bicyclic) bond motifs is 3. The summed E-state index contributed by atoms with van der Waals surface area (Å²) in [5, 5.41) is 0. The van der Waals surface area contributed by atoms with Gasteiger partial charge in [-0.15, -0.1) is 0 Å². The quantitative estimate of drug-likeness (QED) is 0.293. The minimum atomic E-state index is 0. The lowest BCUT2D eigenvalue weighted by Crippen LogP contribution is -3.12. The van der Waals surface area contributed by atoms with Gasteiger partial charge in [0.1, 0.15) is 28.7 Å². The van der Waals surface area contributed by atoms with Crippen LogP contribution in [0.15, 0.2) is 54.7 Å². The summed E-state index contributed by atoms with van der Waals surface area (Å²) in [5.41, 5.74) is 4.87. The van der Waals surface area contributed by atoms with Crippen molar-refractivity contribution in [3.8, 4) is 17.0 Å². The Morgan fingerprint density at radius 1 is 1.00 bits per heavy atom. The van der Waals surface area contributed by atoms with Gasteiger partial charge in [0.15, 0.2) is 0 Å². The van der Waals surface area contributed by atoms with E-state index in [1.165, 1.54) is 67.6 Å². The lowest BCUT2D eigenvalue weighted by molar-refractivity contribution is -0.905. The third-order valence-electron chi connectivity index (χ3n) is 6.29. The van der Waals surface area contributed by atoms with Crippen LogP contribution in [0.2, 0.25) is 0 Å². The molecule has 31 heavy (non-hydrogen) atoms. The number of quaternary nitrogens is 1. The van der Waals surface area contributed by atoms with Crippen molar-refractivity contribution >= 4 is 16.8 Å². The Hall–Kier alpha value is -2.21. The number of aromatic nitrogens is 3. The largest absolute Gasteiger partial charge is 1.00 e. The summed E-state index contributed by atoms with van der Waals surface area (Å²) in [6, 6.07) is 16.9. The molecule has 0 bridgehead atoms. The van der Waals surface area contributed by atoms with Gasteiger partial charge < -0.3 is 34.5 Å². The van der Waals surface area contributed by atoms with Crippen molar-refractivity contribution in [1.82, 2.24) is 9.55 Å². The summed E-state index contributed by atoms with van der Waals surface area (Å²) >= 11 is 0. The predicted molar refractivity (Wildman–Crippen MR) is 115 cm³/mol. The molecule has 0 aliphatic carbocycles. The molecule has 1 aliphatic rings. The number of hydrogen-bond acceptors (Lipinski definition) is 1. The van der Waals surface area contributed by atoms with Gasteiger partial charge in [0.05, 0.1) is 33.3 Å². The molecule has 5 rings (SSSR count).